The van der Waals surface area contributed by atoms with Crippen LogP contribution in [0, 0.1) is 11.8 Å². The van der Waals surface area contributed by atoms with E-state index < -0.39 is 0 Å². The monoisotopic (exact) mass is 266 g/mol. The summed E-state index contributed by atoms with van der Waals surface area (Å²) in [6, 6.07) is 4.80. The maximum atomic E-state index is 4.25. The number of anilines is 1. The van der Waals surface area contributed by atoms with Gasteiger partial charge in [0.05, 0.1) is 5.69 Å². The first-order valence-electron chi connectivity index (χ1n) is 5.71. The standard InChI is InChI=1S/C12H15BrN2/c13-12-10(2-1-7-14-12)15-11(8-3-4-8)9-5-6-9/h1-2,7-9,11,15H,3-6H2. The quantitative estimate of drug-likeness (QED) is 0.845. The van der Waals surface area contributed by atoms with E-state index in [2.05, 4.69) is 32.3 Å². The molecular formula is C12H15BrN2. The Morgan fingerprint density at radius 2 is 1.93 bits per heavy atom. The van der Waals surface area contributed by atoms with E-state index in [9.17, 15) is 0 Å². The zero-order chi connectivity index (χ0) is 10.3. The molecule has 0 saturated heterocycles. The molecule has 0 amide bonds. The molecule has 0 radical (unpaired) electrons. The zero-order valence-corrected chi connectivity index (χ0v) is 10.2. The summed E-state index contributed by atoms with van der Waals surface area (Å²) in [5.74, 6) is 1.84. The summed E-state index contributed by atoms with van der Waals surface area (Å²) in [7, 11) is 0. The summed E-state index contributed by atoms with van der Waals surface area (Å²) in [6.07, 6.45) is 7.45. The van der Waals surface area contributed by atoms with Crippen molar-refractivity contribution in [3.05, 3.63) is 22.9 Å². The summed E-state index contributed by atoms with van der Waals surface area (Å²) in [5, 5.41) is 3.66. The molecule has 3 rings (SSSR count). The fourth-order valence-electron chi connectivity index (χ4n) is 2.20. The Bertz CT molecular complexity index is 346. The van der Waals surface area contributed by atoms with Gasteiger partial charge in [-0.1, -0.05) is 0 Å². The molecule has 0 bridgehead atoms. The van der Waals surface area contributed by atoms with Crippen molar-refractivity contribution >= 4 is 21.6 Å². The number of rotatable bonds is 4. The van der Waals surface area contributed by atoms with Gasteiger partial charge in [-0.05, 0) is 65.6 Å². The Kier molecular flexibility index (Phi) is 2.43. The molecule has 1 aromatic heterocycles. The van der Waals surface area contributed by atoms with E-state index in [-0.39, 0.29) is 0 Å². The van der Waals surface area contributed by atoms with Gasteiger partial charge in [-0.25, -0.2) is 4.98 Å². The number of halogens is 1. The van der Waals surface area contributed by atoms with Crippen molar-refractivity contribution in [3.8, 4) is 0 Å². The largest absolute Gasteiger partial charge is 0.380 e. The molecule has 0 atom stereocenters. The smallest absolute Gasteiger partial charge is 0.129 e. The molecule has 2 fully saturated rings. The Balaban J connectivity index is 1.74. The minimum absolute atomic E-state index is 0.700. The molecule has 80 valence electrons. The van der Waals surface area contributed by atoms with Crippen LogP contribution in [0.25, 0.3) is 0 Å². The third-order valence-corrected chi connectivity index (χ3v) is 3.97. The van der Waals surface area contributed by atoms with E-state index in [4.69, 9.17) is 0 Å². The van der Waals surface area contributed by atoms with Gasteiger partial charge < -0.3 is 5.32 Å². The normalized spacial score (nSPS) is 20.7. The molecular weight excluding hydrogens is 252 g/mol. The molecule has 2 nitrogen and oxygen atoms in total. The molecule has 3 heteroatoms. The molecule has 2 saturated carbocycles. The lowest BCUT2D eigenvalue weighted by Gasteiger charge is -2.19. The van der Waals surface area contributed by atoms with Crippen LogP contribution in [0.4, 0.5) is 5.69 Å². The van der Waals surface area contributed by atoms with E-state index in [0.717, 1.165) is 22.1 Å². The van der Waals surface area contributed by atoms with Crippen molar-refractivity contribution in [1.29, 1.82) is 0 Å². The highest BCUT2D eigenvalue weighted by molar-refractivity contribution is 9.10. The number of nitrogens with zero attached hydrogens (tertiary/aromatic N) is 1. The minimum atomic E-state index is 0.700. The average Bonchev–Trinajstić information content (AvgIpc) is 3.10. The molecule has 0 unspecified atom stereocenters. The predicted molar refractivity (Wildman–Crippen MR) is 64.8 cm³/mol. The average molecular weight is 267 g/mol. The lowest BCUT2D eigenvalue weighted by atomic mass is 10.1. The van der Waals surface area contributed by atoms with Gasteiger partial charge in [0.1, 0.15) is 4.60 Å². The molecule has 2 aliphatic carbocycles. The topological polar surface area (TPSA) is 24.9 Å². The summed E-state index contributed by atoms with van der Waals surface area (Å²) in [4.78, 5) is 4.25. The van der Waals surface area contributed by atoms with Gasteiger partial charge in [0.15, 0.2) is 0 Å². The minimum Gasteiger partial charge on any atom is -0.380 e. The number of pyridine rings is 1. The lowest BCUT2D eigenvalue weighted by Crippen LogP contribution is -2.24. The maximum absolute atomic E-state index is 4.25. The van der Waals surface area contributed by atoms with E-state index in [1.54, 1.807) is 0 Å². The fraction of sp³-hybridized carbons (Fsp3) is 0.583. The van der Waals surface area contributed by atoms with Gasteiger partial charge in [-0.3, -0.25) is 0 Å². The predicted octanol–water partition coefficient (Wildman–Crippen LogP) is 3.44. The summed E-state index contributed by atoms with van der Waals surface area (Å²) in [5.41, 5.74) is 1.15. The molecule has 0 aromatic carbocycles. The second-order valence-corrected chi connectivity index (χ2v) is 5.44. The third-order valence-electron chi connectivity index (χ3n) is 3.34. The second-order valence-electron chi connectivity index (χ2n) is 4.69. The van der Waals surface area contributed by atoms with Crippen molar-refractivity contribution in [3.63, 3.8) is 0 Å². The van der Waals surface area contributed by atoms with E-state index in [1.807, 2.05) is 12.3 Å². The lowest BCUT2D eigenvalue weighted by molar-refractivity contribution is 0.567. The molecule has 15 heavy (non-hydrogen) atoms. The van der Waals surface area contributed by atoms with Crippen LogP contribution < -0.4 is 5.32 Å². The van der Waals surface area contributed by atoms with Crippen LogP contribution in [-0.2, 0) is 0 Å². The van der Waals surface area contributed by atoms with Gasteiger partial charge in [0, 0.05) is 12.2 Å². The first-order chi connectivity index (χ1) is 7.34. The molecule has 1 aromatic rings. The highest BCUT2D eigenvalue weighted by Crippen LogP contribution is 2.46. The fourth-order valence-corrected chi connectivity index (χ4v) is 2.57. The molecule has 0 aliphatic heterocycles. The van der Waals surface area contributed by atoms with Gasteiger partial charge >= 0.3 is 0 Å². The Morgan fingerprint density at radius 3 is 2.47 bits per heavy atom. The van der Waals surface area contributed by atoms with Crippen molar-refractivity contribution in [2.24, 2.45) is 11.8 Å². The Labute approximate surface area is 98.6 Å². The first-order valence-corrected chi connectivity index (χ1v) is 6.51. The number of nitrogens with one attached hydrogen (secondary N) is 1. The van der Waals surface area contributed by atoms with E-state index in [1.165, 1.54) is 25.7 Å². The Hall–Kier alpha value is -0.570. The van der Waals surface area contributed by atoms with Crippen LogP contribution in [0.1, 0.15) is 25.7 Å². The molecule has 1 N–H and O–H groups in total. The molecule has 1 heterocycles. The van der Waals surface area contributed by atoms with Crippen molar-refractivity contribution in [1.82, 2.24) is 4.98 Å². The first kappa shape index (κ1) is 9.64. The van der Waals surface area contributed by atoms with Crippen LogP contribution in [0.2, 0.25) is 0 Å². The van der Waals surface area contributed by atoms with E-state index >= 15 is 0 Å². The maximum Gasteiger partial charge on any atom is 0.129 e. The summed E-state index contributed by atoms with van der Waals surface area (Å²) >= 11 is 3.49. The highest BCUT2D eigenvalue weighted by Gasteiger charge is 2.41. The highest BCUT2D eigenvalue weighted by atomic mass is 79.9. The summed E-state index contributed by atoms with van der Waals surface area (Å²) in [6.45, 7) is 0. The van der Waals surface area contributed by atoms with Crippen molar-refractivity contribution in [2.75, 3.05) is 5.32 Å². The molecule has 2 aliphatic rings. The third kappa shape index (κ3) is 2.17. The Morgan fingerprint density at radius 1 is 1.27 bits per heavy atom. The van der Waals surface area contributed by atoms with Gasteiger partial charge in [0.25, 0.3) is 0 Å². The number of hydrogen-bond acceptors (Lipinski definition) is 2. The van der Waals surface area contributed by atoms with Gasteiger partial charge in [-0.15, -0.1) is 0 Å². The van der Waals surface area contributed by atoms with Crippen LogP contribution >= 0.6 is 15.9 Å². The van der Waals surface area contributed by atoms with E-state index in [0.29, 0.717) is 6.04 Å². The number of hydrogen-bond donors (Lipinski definition) is 1. The SMILES string of the molecule is Brc1ncccc1NC(C1CC1)C1CC1. The number of aromatic nitrogens is 1. The van der Waals surface area contributed by atoms with Crippen LogP contribution in [0.3, 0.4) is 0 Å². The van der Waals surface area contributed by atoms with Gasteiger partial charge in [-0.2, -0.15) is 0 Å². The summed E-state index contributed by atoms with van der Waals surface area (Å²) < 4.78 is 0.941. The zero-order valence-electron chi connectivity index (χ0n) is 8.62. The van der Waals surface area contributed by atoms with Crippen LogP contribution in [-0.4, -0.2) is 11.0 Å². The van der Waals surface area contributed by atoms with Crippen LogP contribution in [0.15, 0.2) is 22.9 Å². The molecule has 0 spiro atoms. The second kappa shape index (κ2) is 3.78. The van der Waals surface area contributed by atoms with Crippen LogP contribution in [0.5, 0.6) is 0 Å². The van der Waals surface area contributed by atoms with Crippen molar-refractivity contribution < 1.29 is 0 Å². The van der Waals surface area contributed by atoms with Gasteiger partial charge in [0.2, 0.25) is 0 Å². The van der Waals surface area contributed by atoms with Crippen molar-refractivity contribution in [2.45, 2.75) is 31.7 Å².